The molecule has 0 heterocycles. The van der Waals surface area contributed by atoms with Crippen molar-refractivity contribution in [3.05, 3.63) is 28.7 Å². The van der Waals surface area contributed by atoms with Gasteiger partial charge in [-0.1, -0.05) is 22.0 Å². The fraction of sp³-hybridized carbons (Fsp3) is 0.500. The Morgan fingerprint density at radius 3 is 2.83 bits per heavy atom. The van der Waals surface area contributed by atoms with Crippen LogP contribution in [0.1, 0.15) is 26.2 Å². The van der Waals surface area contributed by atoms with Crippen molar-refractivity contribution in [3.8, 4) is 5.75 Å². The maximum Gasteiger partial charge on any atom is 0.309 e. The first-order valence-electron chi connectivity index (χ1n) is 6.14. The minimum atomic E-state index is -0.706. The molecule has 1 N–H and O–H groups in total. The summed E-state index contributed by atoms with van der Waals surface area (Å²) in [6.45, 7) is 2.27. The van der Waals surface area contributed by atoms with Gasteiger partial charge in [0.1, 0.15) is 5.75 Å². The van der Waals surface area contributed by atoms with Gasteiger partial charge in [-0.05, 0) is 50.3 Å². The van der Waals surface area contributed by atoms with Gasteiger partial charge in [0.2, 0.25) is 0 Å². The van der Waals surface area contributed by atoms with Gasteiger partial charge >= 0.3 is 5.97 Å². The fourth-order valence-corrected chi connectivity index (χ4v) is 2.52. The van der Waals surface area contributed by atoms with Gasteiger partial charge in [-0.3, -0.25) is 4.79 Å². The van der Waals surface area contributed by atoms with Gasteiger partial charge in [-0.15, -0.1) is 0 Å². The van der Waals surface area contributed by atoms with Gasteiger partial charge in [0.25, 0.3) is 0 Å². The van der Waals surface area contributed by atoms with Crippen molar-refractivity contribution in [1.29, 1.82) is 0 Å². The van der Waals surface area contributed by atoms with Crippen LogP contribution in [0.15, 0.2) is 28.7 Å². The Bertz CT molecular complexity index is 442. The Balaban J connectivity index is 1.89. The molecule has 18 heavy (non-hydrogen) atoms. The molecule has 2 rings (SSSR count). The number of aliphatic carboxylic acids is 1. The molecule has 98 valence electrons. The number of rotatable bonds is 6. The van der Waals surface area contributed by atoms with E-state index in [0.717, 1.165) is 23.1 Å². The second-order valence-electron chi connectivity index (χ2n) is 5.05. The summed E-state index contributed by atoms with van der Waals surface area (Å²) in [6, 6.07) is 7.59. The van der Waals surface area contributed by atoms with Gasteiger partial charge in [-0.25, -0.2) is 0 Å². The number of hydrogen-bond acceptors (Lipinski definition) is 2. The molecule has 0 amide bonds. The molecule has 0 spiro atoms. The van der Waals surface area contributed by atoms with E-state index in [1.54, 1.807) is 0 Å². The highest BCUT2D eigenvalue weighted by molar-refractivity contribution is 9.10. The maximum atomic E-state index is 11.3. The normalized spacial score (nSPS) is 18.1. The van der Waals surface area contributed by atoms with Crippen LogP contribution in [0.4, 0.5) is 0 Å². The highest BCUT2D eigenvalue weighted by Gasteiger charge is 2.47. The molecule has 1 aromatic carbocycles. The third kappa shape index (κ3) is 3.05. The zero-order valence-corrected chi connectivity index (χ0v) is 11.9. The first-order chi connectivity index (χ1) is 8.52. The van der Waals surface area contributed by atoms with Crippen molar-refractivity contribution in [2.75, 3.05) is 6.61 Å². The van der Waals surface area contributed by atoms with Gasteiger partial charge in [0.05, 0.1) is 12.0 Å². The number of halogens is 1. The van der Waals surface area contributed by atoms with Crippen molar-refractivity contribution in [2.24, 2.45) is 11.3 Å². The quantitative estimate of drug-likeness (QED) is 0.870. The lowest BCUT2D eigenvalue weighted by molar-refractivity contribution is -0.150. The van der Waals surface area contributed by atoms with Crippen molar-refractivity contribution in [2.45, 2.75) is 26.2 Å². The lowest BCUT2D eigenvalue weighted by atomic mass is 9.82. The Morgan fingerprint density at radius 1 is 1.56 bits per heavy atom. The smallest absolute Gasteiger partial charge is 0.309 e. The van der Waals surface area contributed by atoms with Gasteiger partial charge in [-0.2, -0.15) is 0 Å². The number of hydrogen-bond donors (Lipinski definition) is 1. The second-order valence-corrected chi connectivity index (χ2v) is 5.97. The number of carboxylic acids is 1. The molecule has 1 fully saturated rings. The Hall–Kier alpha value is -1.03. The molecule has 0 aliphatic heterocycles. The minimum absolute atomic E-state index is 0.320. The summed E-state index contributed by atoms with van der Waals surface area (Å²) in [7, 11) is 0. The van der Waals surface area contributed by atoms with E-state index in [1.807, 2.05) is 31.2 Å². The lowest BCUT2D eigenvalue weighted by Gasteiger charge is -2.24. The SMILES string of the molecule is CC(CCOc1cccc(Br)c1)(C(=O)O)C1CC1. The van der Waals surface area contributed by atoms with E-state index in [1.165, 1.54) is 0 Å². The fourth-order valence-electron chi connectivity index (χ4n) is 2.14. The second kappa shape index (κ2) is 5.31. The average molecular weight is 313 g/mol. The average Bonchev–Trinajstić information content (AvgIpc) is 3.12. The van der Waals surface area contributed by atoms with Crippen LogP contribution in [0.5, 0.6) is 5.75 Å². The van der Waals surface area contributed by atoms with Crippen LogP contribution < -0.4 is 4.74 Å². The molecule has 1 atom stereocenters. The Labute approximate surface area is 115 Å². The van der Waals surface area contributed by atoms with Crippen molar-refractivity contribution < 1.29 is 14.6 Å². The van der Waals surface area contributed by atoms with E-state index < -0.39 is 11.4 Å². The standard InChI is InChI=1S/C14H17BrO3/c1-14(13(16)17,10-5-6-10)7-8-18-12-4-2-3-11(15)9-12/h2-4,9-10H,5-8H2,1H3,(H,16,17). The van der Waals surface area contributed by atoms with Crippen molar-refractivity contribution >= 4 is 21.9 Å². The van der Waals surface area contributed by atoms with E-state index >= 15 is 0 Å². The third-order valence-electron chi connectivity index (χ3n) is 3.65. The summed E-state index contributed by atoms with van der Waals surface area (Å²) in [6.07, 6.45) is 2.61. The summed E-state index contributed by atoms with van der Waals surface area (Å²) in [5, 5.41) is 9.32. The van der Waals surface area contributed by atoms with Crippen LogP contribution in [0.25, 0.3) is 0 Å². The molecule has 0 aromatic heterocycles. The molecular weight excluding hydrogens is 296 g/mol. The van der Waals surface area contributed by atoms with Crippen LogP contribution in [-0.4, -0.2) is 17.7 Å². The highest BCUT2D eigenvalue weighted by atomic mass is 79.9. The first kappa shape index (κ1) is 13.4. The molecule has 0 saturated heterocycles. The van der Waals surface area contributed by atoms with E-state index in [2.05, 4.69) is 15.9 Å². The largest absolute Gasteiger partial charge is 0.494 e. The van der Waals surface area contributed by atoms with Crippen LogP contribution in [0, 0.1) is 11.3 Å². The zero-order chi connectivity index (χ0) is 13.2. The Morgan fingerprint density at radius 2 is 2.28 bits per heavy atom. The third-order valence-corrected chi connectivity index (χ3v) is 4.15. The van der Waals surface area contributed by atoms with Gasteiger partial charge in [0.15, 0.2) is 0 Å². The molecule has 0 radical (unpaired) electrons. The van der Waals surface area contributed by atoms with Crippen LogP contribution in [0.3, 0.4) is 0 Å². The number of ether oxygens (including phenoxy) is 1. The van der Waals surface area contributed by atoms with Gasteiger partial charge < -0.3 is 9.84 Å². The summed E-state index contributed by atoms with van der Waals surface area (Å²) in [4.78, 5) is 11.3. The number of benzene rings is 1. The van der Waals surface area contributed by atoms with Crippen LogP contribution in [-0.2, 0) is 4.79 Å². The van der Waals surface area contributed by atoms with Crippen molar-refractivity contribution in [1.82, 2.24) is 0 Å². The highest BCUT2D eigenvalue weighted by Crippen LogP contribution is 2.47. The summed E-state index contributed by atoms with van der Waals surface area (Å²) < 4.78 is 6.58. The van der Waals surface area contributed by atoms with E-state index in [9.17, 15) is 9.90 Å². The van der Waals surface area contributed by atoms with Gasteiger partial charge in [0, 0.05) is 4.47 Å². The molecule has 1 unspecified atom stereocenters. The van der Waals surface area contributed by atoms with E-state index in [0.29, 0.717) is 18.9 Å². The van der Waals surface area contributed by atoms with E-state index in [4.69, 9.17) is 4.74 Å². The summed E-state index contributed by atoms with van der Waals surface area (Å²) >= 11 is 3.38. The van der Waals surface area contributed by atoms with Crippen LogP contribution >= 0.6 is 15.9 Å². The molecule has 1 aliphatic rings. The Kier molecular flexibility index (Phi) is 3.95. The molecule has 0 bridgehead atoms. The molecule has 1 aromatic rings. The topological polar surface area (TPSA) is 46.5 Å². The van der Waals surface area contributed by atoms with Crippen molar-refractivity contribution in [3.63, 3.8) is 0 Å². The summed E-state index contributed by atoms with van der Waals surface area (Å²) in [5.41, 5.74) is -0.633. The minimum Gasteiger partial charge on any atom is -0.494 e. The molecule has 3 nitrogen and oxygen atoms in total. The van der Waals surface area contributed by atoms with Crippen LogP contribution in [0.2, 0.25) is 0 Å². The number of carbonyl (C=O) groups is 1. The van der Waals surface area contributed by atoms with E-state index in [-0.39, 0.29) is 0 Å². The predicted octanol–water partition coefficient (Wildman–Crippen LogP) is 3.72. The predicted molar refractivity (Wildman–Crippen MR) is 72.7 cm³/mol. The molecule has 1 aliphatic carbocycles. The lowest BCUT2D eigenvalue weighted by Crippen LogP contribution is -2.31. The maximum absolute atomic E-state index is 11.3. The monoisotopic (exact) mass is 312 g/mol. The zero-order valence-electron chi connectivity index (χ0n) is 10.4. The summed E-state index contributed by atoms with van der Waals surface area (Å²) in [5.74, 6) is 0.386. The molecule has 1 saturated carbocycles. The molecule has 4 heteroatoms. The number of carboxylic acid groups (broad SMARTS) is 1. The first-order valence-corrected chi connectivity index (χ1v) is 6.93. The molecular formula is C14H17BrO3.